The normalized spacial score (nSPS) is 21.5. The highest BCUT2D eigenvalue weighted by Gasteiger charge is 2.25. The molecular formula is C20H24BrN3. The van der Waals surface area contributed by atoms with E-state index in [1.807, 2.05) is 12.3 Å². The summed E-state index contributed by atoms with van der Waals surface area (Å²) in [6.45, 7) is 2.20. The van der Waals surface area contributed by atoms with Crippen molar-refractivity contribution in [2.45, 2.75) is 44.2 Å². The topological polar surface area (TPSA) is 28.2 Å². The number of aromatic nitrogens is 1. The van der Waals surface area contributed by atoms with E-state index < -0.39 is 0 Å². The Morgan fingerprint density at radius 3 is 2.67 bits per heavy atom. The van der Waals surface area contributed by atoms with Crippen LogP contribution in [0.15, 0.2) is 47.1 Å². The summed E-state index contributed by atoms with van der Waals surface area (Å²) in [4.78, 5) is 6.89. The second-order valence-corrected chi connectivity index (χ2v) is 7.88. The molecule has 1 aliphatic heterocycles. The number of nitrogens with zero attached hydrogens (tertiary/aromatic N) is 2. The minimum atomic E-state index is 0.630. The lowest BCUT2D eigenvalue weighted by atomic mass is 9.87. The summed E-state index contributed by atoms with van der Waals surface area (Å²) in [5.41, 5.74) is 3.04. The van der Waals surface area contributed by atoms with Gasteiger partial charge in [0.1, 0.15) is 5.82 Å². The third-order valence-electron chi connectivity index (χ3n) is 5.34. The van der Waals surface area contributed by atoms with Crippen LogP contribution in [-0.2, 0) is 12.8 Å². The summed E-state index contributed by atoms with van der Waals surface area (Å²) >= 11 is 3.58. The Balaban J connectivity index is 1.31. The van der Waals surface area contributed by atoms with Gasteiger partial charge < -0.3 is 10.2 Å². The maximum atomic E-state index is 4.48. The molecule has 4 rings (SSSR count). The minimum absolute atomic E-state index is 0.630. The van der Waals surface area contributed by atoms with Gasteiger partial charge in [-0.1, -0.05) is 28.1 Å². The monoisotopic (exact) mass is 385 g/mol. The fourth-order valence-electron chi connectivity index (χ4n) is 4.02. The fourth-order valence-corrected chi connectivity index (χ4v) is 4.42. The predicted molar refractivity (Wildman–Crippen MR) is 103 cm³/mol. The summed E-state index contributed by atoms with van der Waals surface area (Å²) in [7, 11) is 0. The summed E-state index contributed by atoms with van der Waals surface area (Å²) in [6, 6.07) is 14.2. The average molecular weight is 386 g/mol. The van der Waals surface area contributed by atoms with E-state index in [4.69, 9.17) is 0 Å². The van der Waals surface area contributed by atoms with Crippen molar-refractivity contribution in [3.63, 3.8) is 0 Å². The van der Waals surface area contributed by atoms with Crippen molar-refractivity contribution in [1.82, 2.24) is 10.3 Å². The highest BCUT2D eigenvalue weighted by molar-refractivity contribution is 9.10. The molecule has 1 unspecified atom stereocenters. The van der Waals surface area contributed by atoms with Crippen LogP contribution in [0.4, 0.5) is 5.82 Å². The molecule has 1 N–H and O–H groups in total. The van der Waals surface area contributed by atoms with E-state index >= 15 is 0 Å². The smallest absolute Gasteiger partial charge is 0.128 e. The molecule has 0 radical (unpaired) electrons. The Hall–Kier alpha value is -1.39. The first-order chi connectivity index (χ1) is 11.8. The van der Waals surface area contributed by atoms with Crippen LogP contribution in [0.25, 0.3) is 0 Å². The molecule has 1 saturated heterocycles. The third kappa shape index (κ3) is 3.65. The second kappa shape index (κ2) is 7.24. The molecular weight excluding hydrogens is 362 g/mol. The van der Waals surface area contributed by atoms with E-state index in [-0.39, 0.29) is 0 Å². The summed E-state index contributed by atoms with van der Waals surface area (Å²) < 4.78 is 1.20. The van der Waals surface area contributed by atoms with E-state index in [1.54, 1.807) is 0 Å². The van der Waals surface area contributed by atoms with Crippen molar-refractivity contribution in [2.75, 3.05) is 18.0 Å². The molecule has 2 aliphatic rings. The van der Waals surface area contributed by atoms with Crippen molar-refractivity contribution in [3.05, 3.63) is 58.2 Å². The molecule has 0 spiro atoms. The number of rotatable bonds is 3. The Morgan fingerprint density at radius 2 is 1.88 bits per heavy atom. The molecule has 1 aromatic carbocycles. The molecule has 4 heteroatoms. The summed E-state index contributed by atoms with van der Waals surface area (Å²) in [6.07, 6.45) is 7.92. The number of pyridine rings is 1. The number of aryl methyl sites for hydroxylation is 1. The van der Waals surface area contributed by atoms with Crippen LogP contribution in [0.3, 0.4) is 0 Å². The van der Waals surface area contributed by atoms with Gasteiger partial charge in [-0.2, -0.15) is 0 Å². The summed E-state index contributed by atoms with van der Waals surface area (Å²) in [5.74, 6) is 1.12. The number of anilines is 1. The molecule has 0 bridgehead atoms. The molecule has 0 saturated carbocycles. The van der Waals surface area contributed by atoms with Crippen molar-refractivity contribution < 1.29 is 0 Å². The Labute approximate surface area is 152 Å². The van der Waals surface area contributed by atoms with Gasteiger partial charge >= 0.3 is 0 Å². The van der Waals surface area contributed by atoms with Crippen LogP contribution >= 0.6 is 15.9 Å². The molecule has 24 heavy (non-hydrogen) atoms. The molecule has 0 amide bonds. The molecule has 2 aromatic rings. The lowest BCUT2D eigenvalue weighted by Gasteiger charge is -2.36. The van der Waals surface area contributed by atoms with Crippen molar-refractivity contribution >= 4 is 21.7 Å². The number of hydrogen-bond acceptors (Lipinski definition) is 3. The first kappa shape index (κ1) is 16.1. The van der Waals surface area contributed by atoms with E-state index in [1.165, 1.54) is 47.7 Å². The van der Waals surface area contributed by atoms with E-state index in [0.29, 0.717) is 12.1 Å². The van der Waals surface area contributed by atoms with Crippen LogP contribution in [0.1, 0.15) is 30.4 Å². The van der Waals surface area contributed by atoms with Crippen LogP contribution in [0, 0.1) is 0 Å². The number of nitrogens with one attached hydrogen (secondary N) is 1. The number of benzene rings is 1. The zero-order valence-electron chi connectivity index (χ0n) is 13.9. The van der Waals surface area contributed by atoms with Crippen molar-refractivity contribution in [1.29, 1.82) is 0 Å². The first-order valence-corrected chi connectivity index (χ1v) is 9.76. The van der Waals surface area contributed by atoms with Crippen LogP contribution in [0.5, 0.6) is 0 Å². The van der Waals surface area contributed by atoms with Crippen LogP contribution in [-0.4, -0.2) is 30.2 Å². The highest BCUT2D eigenvalue weighted by atomic mass is 79.9. The number of hydrogen-bond donors (Lipinski definition) is 1. The molecule has 1 atom stereocenters. The maximum Gasteiger partial charge on any atom is 0.128 e. The molecule has 2 heterocycles. The van der Waals surface area contributed by atoms with E-state index in [2.05, 4.69) is 61.5 Å². The lowest BCUT2D eigenvalue weighted by molar-refractivity contribution is 0.345. The van der Waals surface area contributed by atoms with Crippen molar-refractivity contribution in [2.24, 2.45) is 0 Å². The quantitative estimate of drug-likeness (QED) is 0.866. The van der Waals surface area contributed by atoms with Gasteiger partial charge in [0.05, 0.1) is 0 Å². The van der Waals surface area contributed by atoms with Gasteiger partial charge in [0.15, 0.2) is 0 Å². The fraction of sp³-hybridized carbons (Fsp3) is 0.450. The van der Waals surface area contributed by atoms with Crippen LogP contribution in [0.2, 0.25) is 0 Å². The SMILES string of the molecule is Brc1ccc2c(c1)CCC(NC1CCN(c3ccccn3)CC1)C2. The standard InChI is InChI=1S/C20H24BrN3/c21-17-6-4-16-14-19(7-5-15(16)13-17)23-18-8-11-24(12-9-18)20-3-1-2-10-22-20/h1-4,6,10,13,18-19,23H,5,7-9,11-12,14H2. The lowest BCUT2D eigenvalue weighted by Crippen LogP contribution is -2.48. The zero-order valence-corrected chi connectivity index (χ0v) is 15.5. The zero-order chi connectivity index (χ0) is 16.4. The molecule has 1 aliphatic carbocycles. The van der Waals surface area contributed by atoms with Gasteiger partial charge in [0.25, 0.3) is 0 Å². The highest BCUT2D eigenvalue weighted by Crippen LogP contribution is 2.26. The van der Waals surface area contributed by atoms with Gasteiger partial charge in [0, 0.05) is 35.8 Å². The first-order valence-electron chi connectivity index (χ1n) is 8.97. The Kier molecular flexibility index (Phi) is 4.86. The maximum absolute atomic E-state index is 4.48. The largest absolute Gasteiger partial charge is 0.357 e. The predicted octanol–water partition coefficient (Wildman–Crippen LogP) is 3.96. The molecule has 1 aromatic heterocycles. The van der Waals surface area contributed by atoms with Gasteiger partial charge in [0.2, 0.25) is 0 Å². The number of fused-ring (bicyclic) bond motifs is 1. The van der Waals surface area contributed by atoms with Crippen LogP contribution < -0.4 is 10.2 Å². The second-order valence-electron chi connectivity index (χ2n) is 6.97. The van der Waals surface area contributed by atoms with Gasteiger partial charge in [-0.15, -0.1) is 0 Å². The number of halogens is 1. The summed E-state index contributed by atoms with van der Waals surface area (Å²) in [5, 5.41) is 3.93. The van der Waals surface area contributed by atoms with Gasteiger partial charge in [-0.05, 0) is 67.5 Å². The van der Waals surface area contributed by atoms with Gasteiger partial charge in [-0.3, -0.25) is 0 Å². The van der Waals surface area contributed by atoms with E-state index in [9.17, 15) is 0 Å². The number of piperidine rings is 1. The molecule has 3 nitrogen and oxygen atoms in total. The average Bonchev–Trinajstić information content (AvgIpc) is 2.63. The Bertz CT molecular complexity index is 681. The van der Waals surface area contributed by atoms with Gasteiger partial charge in [-0.25, -0.2) is 4.98 Å². The molecule has 1 fully saturated rings. The Morgan fingerprint density at radius 1 is 1.00 bits per heavy atom. The van der Waals surface area contributed by atoms with Crippen molar-refractivity contribution in [3.8, 4) is 0 Å². The third-order valence-corrected chi connectivity index (χ3v) is 5.83. The van der Waals surface area contributed by atoms with E-state index in [0.717, 1.165) is 18.9 Å². The minimum Gasteiger partial charge on any atom is -0.357 e. The molecule has 126 valence electrons.